The van der Waals surface area contributed by atoms with Crippen LogP contribution in [0.4, 0.5) is 4.39 Å². The highest BCUT2D eigenvalue weighted by Gasteiger charge is 2.29. The van der Waals surface area contributed by atoms with Gasteiger partial charge >= 0.3 is 0 Å². The van der Waals surface area contributed by atoms with Gasteiger partial charge in [-0.05, 0) is 62.3 Å². The summed E-state index contributed by atoms with van der Waals surface area (Å²) in [6.45, 7) is 6.58. The SMILES string of the molecule is Cc1cc(F)cc(C)c1S(=O)(=O)N1CCCC(C)CC1. The maximum absolute atomic E-state index is 13.3. The maximum Gasteiger partial charge on any atom is 0.243 e. The highest BCUT2D eigenvalue weighted by molar-refractivity contribution is 7.89. The summed E-state index contributed by atoms with van der Waals surface area (Å²) < 4.78 is 40.5. The Morgan fingerprint density at radius 3 is 2.35 bits per heavy atom. The Labute approximate surface area is 120 Å². The maximum atomic E-state index is 13.3. The van der Waals surface area contributed by atoms with Gasteiger partial charge in [0.1, 0.15) is 5.82 Å². The first kappa shape index (κ1) is 15.4. The van der Waals surface area contributed by atoms with E-state index in [1.807, 2.05) is 0 Å². The van der Waals surface area contributed by atoms with Gasteiger partial charge in [0.2, 0.25) is 10.0 Å². The fraction of sp³-hybridized carbons (Fsp3) is 0.600. The van der Waals surface area contributed by atoms with E-state index in [0.717, 1.165) is 19.3 Å². The summed E-state index contributed by atoms with van der Waals surface area (Å²) in [6, 6.07) is 2.58. The van der Waals surface area contributed by atoms with Crippen molar-refractivity contribution in [3.8, 4) is 0 Å². The molecule has 1 atom stereocenters. The van der Waals surface area contributed by atoms with Crippen LogP contribution in [0.3, 0.4) is 0 Å². The average Bonchev–Trinajstić information content (AvgIpc) is 2.52. The van der Waals surface area contributed by atoms with Crippen LogP contribution in [0.2, 0.25) is 0 Å². The predicted molar refractivity (Wildman–Crippen MR) is 77.6 cm³/mol. The molecule has 0 saturated carbocycles. The Morgan fingerprint density at radius 1 is 1.15 bits per heavy atom. The molecule has 20 heavy (non-hydrogen) atoms. The molecule has 0 amide bonds. The molecule has 0 radical (unpaired) electrons. The van der Waals surface area contributed by atoms with Crippen LogP contribution in [0.5, 0.6) is 0 Å². The van der Waals surface area contributed by atoms with E-state index >= 15 is 0 Å². The third kappa shape index (κ3) is 3.04. The number of nitrogens with zero attached hydrogens (tertiary/aromatic N) is 1. The summed E-state index contributed by atoms with van der Waals surface area (Å²) in [7, 11) is -3.52. The summed E-state index contributed by atoms with van der Waals surface area (Å²) in [6.07, 6.45) is 2.84. The van der Waals surface area contributed by atoms with E-state index < -0.39 is 10.0 Å². The van der Waals surface area contributed by atoms with Gasteiger partial charge in [-0.1, -0.05) is 6.92 Å². The normalized spacial score (nSPS) is 21.7. The van der Waals surface area contributed by atoms with Crippen molar-refractivity contribution in [2.24, 2.45) is 5.92 Å². The van der Waals surface area contributed by atoms with Crippen LogP contribution < -0.4 is 0 Å². The topological polar surface area (TPSA) is 37.4 Å². The molecular formula is C15H22FNO2S. The Morgan fingerprint density at radius 2 is 1.75 bits per heavy atom. The molecule has 0 aromatic heterocycles. The van der Waals surface area contributed by atoms with Crippen molar-refractivity contribution in [1.82, 2.24) is 4.31 Å². The molecule has 1 fully saturated rings. The van der Waals surface area contributed by atoms with E-state index in [9.17, 15) is 12.8 Å². The van der Waals surface area contributed by atoms with E-state index in [1.165, 1.54) is 12.1 Å². The Balaban J connectivity index is 2.40. The van der Waals surface area contributed by atoms with Crippen molar-refractivity contribution in [2.75, 3.05) is 13.1 Å². The highest BCUT2D eigenvalue weighted by atomic mass is 32.2. The van der Waals surface area contributed by atoms with E-state index in [0.29, 0.717) is 30.1 Å². The third-order valence-electron chi connectivity index (χ3n) is 4.00. The second-order valence-corrected chi connectivity index (χ2v) is 7.68. The molecule has 1 aliphatic rings. The van der Waals surface area contributed by atoms with Crippen LogP contribution in [0, 0.1) is 25.6 Å². The van der Waals surface area contributed by atoms with Crippen LogP contribution in [-0.4, -0.2) is 25.8 Å². The van der Waals surface area contributed by atoms with Crippen molar-refractivity contribution >= 4 is 10.0 Å². The monoisotopic (exact) mass is 299 g/mol. The van der Waals surface area contributed by atoms with Crippen molar-refractivity contribution in [1.29, 1.82) is 0 Å². The quantitative estimate of drug-likeness (QED) is 0.840. The third-order valence-corrected chi connectivity index (χ3v) is 6.20. The molecule has 1 aliphatic heterocycles. The lowest BCUT2D eigenvalue weighted by Crippen LogP contribution is -2.33. The zero-order chi connectivity index (χ0) is 14.9. The molecule has 1 aromatic rings. The molecule has 5 heteroatoms. The van der Waals surface area contributed by atoms with Crippen molar-refractivity contribution < 1.29 is 12.8 Å². The molecule has 112 valence electrons. The first-order valence-electron chi connectivity index (χ1n) is 7.09. The molecule has 0 N–H and O–H groups in total. The zero-order valence-electron chi connectivity index (χ0n) is 12.3. The summed E-state index contributed by atoms with van der Waals surface area (Å²) in [4.78, 5) is 0.272. The van der Waals surface area contributed by atoms with Gasteiger partial charge in [0, 0.05) is 13.1 Å². The number of sulfonamides is 1. The Bertz CT molecular complexity index is 575. The fourth-order valence-electron chi connectivity index (χ4n) is 2.91. The molecule has 0 aliphatic carbocycles. The van der Waals surface area contributed by atoms with Gasteiger partial charge < -0.3 is 0 Å². The predicted octanol–water partition coefficient (Wildman–Crippen LogP) is 3.25. The second-order valence-electron chi connectivity index (χ2n) is 5.81. The zero-order valence-corrected chi connectivity index (χ0v) is 13.1. The molecule has 3 nitrogen and oxygen atoms in total. The largest absolute Gasteiger partial charge is 0.243 e. The van der Waals surface area contributed by atoms with Crippen LogP contribution in [0.1, 0.15) is 37.3 Å². The fourth-order valence-corrected chi connectivity index (χ4v) is 4.82. The first-order valence-corrected chi connectivity index (χ1v) is 8.53. The van der Waals surface area contributed by atoms with E-state index in [2.05, 4.69) is 6.92 Å². The van der Waals surface area contributed by atoms with Gasteiger partial charge in [-0.25, -0.2) is 12.8 Å². The molecule has 2 rings (SSSR count). The number of benzene rings is 1. The molecular weight excluding hydrogens is 277 g/mol. The molecule has 1 unspecified atom stereocenters. The molecule has 1 heterocycles. The van der Waals surface area contributed by atoms with Crippen molar-refractivity contribution in [3.63, 3.8) is 0 Å². The van der Waals surface area contributed by atoms with Crippen LogP contribution in [0.25, 0.3) is 0 Å². The first-order chi connectivity index (χ1) is 9.32. The number of hydrogen-bond donors (Lipinski definition) is 0. The minimum Gasteiger partial charge on any atom is -0.207 e. The van der Waals surface area contributed by atoms with Crippen LogP contribution >= 0.6 is 0 Å². The van der Waals surface area contributed by atoms with E-state index in [4.69, 9.17) is 0 Å². The molecule has 0 spiro atoms. The lowest BCUT2D eigenvalue weighted by molar-refractivity contribution is 0.416. The van der Waals surface area contributed by atoms with Gasteiger partial charge in [0.15, 0.2) is 0 Å². The van der Waals surface area contributed by atoms with Gasteiger partial charge in [-0.2, -0.15) is 4.31 Å². The Hall–Kier alpha value is -0.940. The summed E-state index contributed by atoms with van der Waals surface area (Å²) in [5.41, 5.74) is 0.972. The van der Waals surface area contributed by atoms with Crippen LogP contribution in [-0.2, 0) is 10.0 Å². The van der Waals surface area contributed by atoms with Gasteiger partial charge in [0.05, 0.1) is 4.90 Å². The van der Waals surface area contributed by atoms with Gasteiger partial charge in [0.25, 0.3) is 0 Å². The van der Waals surface area contributed by atoms with Crippen LogP contribution in [0.15, 0.2) is 17.0 Å². The number of halogens is 1. The smallest absolute Gasteiger partial charge is 0.207 e. The minimum atomic E-state index is -3.52. The number of rotatable bonds is 2. The second kappa shape index (κ2) is 5.82. The van der Waals surface area contributed by atoms with E-state index in [-0.39, 0.29) is 10.7 Å². The summed E-state index contributed by atoms with van der Waals surface area (Å²) in [5.74, 6) is 0.175. The Kier molecular flexibility index (Phi) is 4.49. The van der Waals surface area contributed by atoms with Crippen molar-refractivity contribution in [3.05, 3.63) is 29.1 Å². The standard InChI is InChI=1S/C15H22FNO2S/c1-11-5-4-7-17(8-6-11)20(18,19)15-12(2)9-14(16)10-13(15)3/h9-11H,4-8H2,1-3H3. The molecule has 1 aromatic carbocycles. The summed E-state index contributed by atoms with van der Waals surface area (Å²) in [5, 5.41) is 0. The van der Waals surface area contributed by atoms with Gasteiger partial charge in [-0.15, -0.1) is 0 Å². The number of hydrogen-bond acceptors (Lipinski definition) is 2. The lowest BCUT2D eigenvalue weighted by atomic mass is 10.0. The van der Waals surface area contributed by atoms with Crippen molar-refractivity contribution in [2.45, 2.75) is 44.9 Å². The van der Waals surface area contributed by atoms with Gasteiger partial charge in [-0.3, -0.25) is 0 Å². The minimum absolute atomic E-state index is 0.272. The lowest BCUT2D eigenvalue weighted by Gasteiger charge is -2.22. The summed E-state index contributed by atoms with van der Waals surface area (Å²) >= 11 is 0. The number of aryl methyl sites for hydroxylation is 2. The highest BCUT2D eigenvalue weighted by Crippen LogP contribution is 2.27. The molecule has 1 saturated heterocycles. The molecule has 0 bridgehead atoms. The van der Waals surface area contributed by atoms with E-state index in [1.54, 1.807) is 18.2 Å². The average molecular weight is 299 g/mol.